The lowest BCUT2D eigenvalue weighted by Crippen LogP contribution is -2.55. The lowest BCUT2D eigenvalue weighted by Gasteiger charge is -2.47. The Labute approximate surface area is 136 Å². The number of nitrogens with zero attached hydrogens (tertiary/aromatic N) is 1. The molecule has 4 rings (SSSR count). The zero-order chi connectivity index (χ0) is 16.0. The predicted molar refractivity (Wildman–Crippen MR) is 85.8 cm³/mol. The summed E-state index contributed by atoms with van der Waals surface area (Å²) in [4.78, 5) is 7.15. The van der Waals surface area contributed by atoms with Crippen LogP contribution in [0.1, 0.15) is 12.0 Å². The van der Waals surface area contributed by atoms with Crippen LogP contribution in [0.25, 0.3) is 0 Å². The molecule has 1 saturated heterocycles. The van der Waals surface area contributed by atoms with Crippen LogP contribution in [0.4, 0.5) is 0 Å². The number of ether oxygens (including phenoxy) is 2. The first-order valence-electron chi connectivity index (χ1n) is 8.23. The molecule has 0 unspecified atom stereocenters. The van der Waals surface area contributed by atoms with Crippen molar-refractivity contribution in [1.29, 1.82) is 0 Å². The fraction of sp³-hybridized carbons (Fsp3) is 0.556. The average molecular weight is 317 g/mol. The molecule has 0 saturated carbocycles. The molecule has 1 N–H and O–H groups in total. The van der Waals surface area contributed by atoms with Crippen LogP contribution in [0.5, 0.6) is 11.5 Å². The first kappa shape index (κ1) is 15.0. The molecule has 0 radical (unpaired) electrons. The molecule has 0 spiro atoms. The van der Waals surface area contributed by atoms with E-state index in [4.69, 9.17) is 14.4 Å². The lowest BCUT2D eigenvalue weighted by molar-refractivity contribution is -0.288. The predicted octanol–water partition coefficient (Wildman–Crippen LogP) is 2.36. The van der Waals surface area contributed by atoms with Gasteiger partial charge in [-0.05, 0) is 50.0 Å². The minimum Gasteiger partial charge on any atom is -0.493 e. The Morgan fingerprint density at radius 2 is 2.17 bits per heavy atom. The number of rotatable bonds is 2. The van der Waals surface area contributed by atoms with Gasteiger partial charge in [0, 0.05) is 12.0 Å². The SMILES string of the molecule is COc1ccc2cc1O[C@@H]1[C@H]3CCN(C)[C@H](C2)[C@@H]3C=C[C@@H]1OO. The molecule has 1 aliphatic carbocycles. The number of fused-ring (bicyclic) bond motifs is 2. The minimum absolute atomic E-state index is 0.201. The Hall–Kier alpha value is -1.56. The number of likely N-dealkylation sites (tertiary alicyclic amines) is 1. The molecule has 124 valence electrons. The van der Waals surface area contributed by atoms with Crippen molar-refractivity contribution < 1.29 is 19.6 Å². The molecule has 5 nitrogen and oxygen atoms in total. The third-order valence-corrected chi connectivity index (χ3v) is 5.65. The van der Waals surface area contributed by atoms with E-state index in [1.54, 1.807) is 7.11 Å². The van der Waals surface area contributed by atoms with Crippen molar-refractivity contribution in [2.45, 2.75) is 31.1 Å². The standard InChI is InChI=1S/C18H23NO4/c1-19-8-7-13-12-4-6-16(23-20)18(13)22-17-10-11(9-14(12)19)3-5-15(17)21-2/h3-6,10,12-14,16,18,20H,7-9H2,1-2H3/t12-,13+,14-,16+,18-/m1/s1. The summed E-state index contributed by atoms with van der Waals surface area (Å²) in [6, 6.07) is 6.58. The van der Waals surface area contributed by atoms with E-state index in [-0.39, 0.29) is 6.10 Å². The van der Waals surface area contributed by atoms with Crippen molar-refractivity contribution in [3.8, 4) is 11.5 Å². The molecule has 3 aliphatic rings. The lowest BCUT2D eigenvalue weighted by atomic mass is 9.71. The second-order valence-corrected chi connectivity index (χ2v) is 6.80. The summed E-state index contributed by atoms with van der Waals surface area (Å²) in [5.74, 6) is 2.20. The van der Waals surface area contributed by atoms with Crippen LogP contribution in [-0.4, -0.2) is 49.1 Å². The molecule has 0 aromatic heterocycles. The van der Waals surface area contributed by atoms with Gasteiger partial charge in [-0.25, -0.2) is 4.89 Å². The normalized spacial score (nSPS) is 35.7. The van der Waals surface area contributed by atoms with Gasteiger partial charge in [0.15, 0.2) is 11.5 Å². The fourth-order valence-electron chi connectivity index (χ4n) is 4.41. The zero-order valence-corrected chi connectivity index (χ0v) is 13.5. The second-order valence-electron chi connectivity index (χ2n) is 6.80. The highest BCUT2D eigenvalue weighted by atomic mass is 17.1. The molecule has 23 heavy (non-hydrogen) atoms. The van der Waals surface area contributed by atoms with E-state index in [2.05, 4.69) is 30.2 Å². The number of hydrogen-bond donors (Lipinski definition) is 1. The Balaban J connectivity index is 1.82. The van der Waals surface area contributed by atoms with Crippen molar-refractivity contribution in [3.05, 3.63) is 35.9 Å². The van der Waals surface area contributed by atoms with Crippen LogP contribution in [0.3, 0.4) is 0 Å². The van der Waals surface area contributed by atoms with Crippen LogP contribution in [0, 0.1) is 11.8 Å². The highest BCUT2D eigenvalue weighted by molar-refractivity contribution is 5.44. The van der Waals surface area contributed by atoms with Crippen LogP contribution in [0.15, 0.2) is 30.4 Å². The van der Waals surface area contributed by atoms with E-state index in [1.165, 1.54) is 5.56 Å². The molecule has 1 fully saturated rings. The van der Waals surface area contributed by atoms with Gasteiger partial charge in [-0.15, -0.1) is 0 Å². The maximum absolute atomic E-state index is 9.31. The zero-order valence-electron chi connectivity index (χ0n) is 13.5. The molecule has 2 aliphatic heterocycles. The van der Waals surface area contributed by atoms with E-state index in [0.717, 1.165) is 30.9 Å². The summed E-state index contributed by atoms with van der Waals surface area (Å²) in [6.07, 6.45) is 5.53. The molecule has 5 atom stereocenters. The highest BCUT2D eigenvalue weighted by Gasteiger charge is 2.46. The third kappa shape index (κ3) is 2.43. The van der Waals surface area contributed by atoms with E-state index >= 15 is 0 Å². The smallest absolute Gasteiger partial charge is 0.162 e. The van der Waals surface area contributed by atoms with Gasteiger partial charge in [-0.3, -0.25) is 5.26 Å². The average Bonchev–Trinajstić information content (AvgIpc) is 2.58. The Kier molecular flexibility index (Phi) is 3.79. The second kappa shape index (κ2) is 5.82. The molecule has 0 amide bonds. The fourth-order valence-corrected chi connectivity index (χ4v) is 4.41. The molecule has 2 heterocycles. The number of benzene rings is 1. The summed E-state index contributed by atoms with van der Waals surface area (Å²) in [7, 11) is 3.85. The first-order chi connectivity index (χ1) is 11.2. The molecule has 5 heteroatoms. The number of likely N-dealkylation sites (N-methyl/N-ethyl adjacent to an activating group) is 1. The molecular weight excluding hydrogens is 294 g/mol. The van der Waals surface area contributed by atoms with Crippen molar-refractivity contribution in [2.24, 2.45) is 11.8 Å². The van der Waals surface area contributed by atoms with Gasteiger partial charge in [-0.1, -0.05) is 18.2 Å². The van der Waals surface area contributed by atoms with Crippen LogP contribution in [0.2, 0.25) is 0 Å². The molecule has 6 bridgehead atoms. The number of methoxy groups -OCH3 is 1. The topological polar surface area (TPSA) is 51.2 Å². The Bertz CT molecular complexity index is 617. The van der Waals surface area contributed by atoms with E-state index in [1.807, 2.05) is 12.1 Å². The molecular formula is C18H23NO4. The van der Waals surface area contributed by atoms with Crippen LogP contribution in [-0.2, 0) is 11.3 Å². The van der Waals surface area contributed by atoms with Crippen LogP contribution < -0.4 is 9.47 Å². The maximum atomic E-state index is 9.31. The van der Waals surface area contributed by atoms with Crippen molar-refractivity contribution in [3.63, 3.8) is 0 Å². The number of piperidine rings is 1. The third-order valence-electron chi connectivity index (χ3n) is 5.65. The van der Waals surface area contributed by atoms with Gasteiger partial charge in [0.1, 0.15) is 12.2 Å². The van der Waals surface area contributed by atoms with Gasteiger partial charge in [0.2, 0.25) is 0 Å². The van der Waals surface area contributed by atoms with Gasteiger partial charge in [-0.2, -0.15) is 0 Å². The van der Waals surface area contributed by atoms with Crippen molar-refractivity contribution in [1.82, 2.24) is 4.90 Å². The highest BCUT2D eigenvalue weighted by Crippen LogP contribution is 2.43. The minimum atomic E-state index is -0.438. The summed E-state index contributed by atoms with van der Waals surface area (Å²) in [5, 5.41) is 9.31. The van der Waals surface area contributed by atoms with Gasteiger partial charge in [0.25, 0.3) is 0 Å². The van der Waals surface area contributed by atoms with Gasteiger partial charge < -0.3 is 14.4 Å². The summed E-state index contributed by atoms with van der Waals surface area (Å²) < 4.78 is 11.8. The Morgan fingerprint density at radius 1 is 1.30 bits per heavy atom. The van der Waals surface area contributed by atoms with E-state index < -0.39 is 6.10 Å². The summed E-state index contributed by atoms with van der Waals surface area (Å²) in [5.41, 5.74) is 1.25. The Morgan fingerprint density at radius 3 is 2.96 bits per heavy atom. The van der Waals surface area contributed by atoms with Gasteiger partial charge >= 0.3 is 0 Å². The van der Waals surface area contributed by atoms with Crippen LogP contribution >= 0.6 is 0 Å². The molecule has 1 aromatic carbocycles. The summed E-state index contributed by atoms with van der Waals surface area (Å²) in [6.45, 7) is 1.03. The maximum Gasteiger partial charge on any atom is 0.162 e. The van der Waals surface area contributed by atoms with E-state index in [0.29, 0.717) is 17.9 Å². The van der Waals surface area contributed by atoms with Gasteiger partial charge in [0.05, 0.1) is 7.11 Å². The van der Waals surface area contributed by atoms with Crippen molar-refractivity contribution in [2.75, 3.05) is 20.7 Å². The number of hydrogen-bond acceptors (Lipinski definition) is 5. The van der Waals surface area contributed by atoms with E-state index in [9.17, 15) is 5.26 Å². The van der Waals surface area contributed by atoms with Crippen molar-refractivity contribution >= 4 is 0 Å². The monoisotopic (exact) mass is 317 g/mol. The first-order valence-corrected chi connectivity index (χ1v) is 8.23. The summed E-state index contributed by atoms with van der Waals surface area (Å²) >= 11 is 0. The quantitative estimate of drug-likeness (QED) is 0.515. The molecule has 1 aromatic rings. The largest absolute Gasteiger partial charge is 0.493 e.